The van der Waals surface area contributed by atoms with Crippen LogP contribution in [0.15, 0.2) is 238 Å². The monoisotopic (exact) mass is 1120 g/mol. The van der Waals surface area contributed by atoms with Crippen molar-refractivity contribution >= 4 is 10.8 Å². The molecule has 0 atom stereocenters. The summed E-state index contributed by atoms with van der Waals surface area (Å²) in [6.45, 7) is 64.0. The van der Waals surface area contributed by atoms with E-state index in [1.165, 1.54) is 17.1 Å². The second-order valence-corrected chi connectivity index (χ2v) is 9.60. The molecule has 470 valence electrons. The van der Waals surface area contributed by atoms with Gasteiger partial charge in [0.2, 0.25) is 0 Å². The lowest BCUT2D eigenvalue weighted by Gasteiger charge is -1.92. The molecule has 3 aliphatic rings. The summed E-state index contributed by atoms with van der Waals surface area (Å²) in [4.78, 5) is 18.6. The Labute approximate surface area is 512 Å². The van der Waals surface area contributed by atoms with Crippen molar-refractivity contribution in [2.24, 2.45) is 0 Å². The lowest BCUT2D eigenvalue weighted by Crippen LogP contribution is -1.67. The van der Waals surface area contributed by atoms with E-state index in [0.29, 0.717) is 0 Å². The zero-order chi connectivity index (χ0) is 66.4. The molecule has 0 N–H and O–H groups in total. The van der Waals surface area contributed by atoms with Gasteiger partial charge in [-0.25, -0.2) is 9.97 Å². The Morgan fingerprint density at radius 1 is 0.185 bits per heavy atom. The molecule has 0 fully saturated rings. The van der Waals surface area contributed by atoms with Gasteiger partial charge in [0.25, 0.3) is 0 Å². The van der Waals surface area contributed by atoms with E-state index in [-0.39, 0.29) is 0 Å². The molecule has 0 aliphatic heterocycles. The van der Waals surface area contributed by atoms with Crippen LogP contribution >= 0.6 is 0 Å². The Bertz CT molecular complexity index is 1340. The Kier molecular flexibility index (Phi) is 251. The minimum atomic E-state index is 1.14. The second-order valence-electron chi connectivity index (χ2n) is 9.60. The van der Waals surface area contributed by atoms with Crippen molar-refractivity contribution < 1.29 is 0 Å². The number of benzene rings is 3. The van der Waals surface area contributed by atoms with Crippen LogP contribution in [-0.4, -0.2) is 24.9 Å². The maximum atomic E-state index is 3.78. The van der Waals surface area contributed by atoms with E-state index in [1.807, 2.05) is 276 Å². The summed E-state index contributed by atoms with van der Waals surface area (Å²) in [5.74, 6) is 0. The van der Waals surface area contributed by atoms with Crippen LogP contribution in [0.1, 0.15) is 241 Å². The van der Waals surface area contributed by atoms with Gasteiger partial charge in [0, 0.05) is 49.6 Å². The molecule has 5 nitrogen and oxygen atoms in total. The number of aromatic nitrogens is 5. The molecule has 3 heterocycles. The summed E-state index contributed by atoms with van der Waals surface area (Å²) in [7, 11) is 0. The largest absolute Gasteiger partial charge is 0.265 e. The zero-order valence-corrected chi connectivity index (χ0v) is 59.9. The normalized spacial score (nSPS) is 8.05. The number of fused-ring (bicyclic) bond motifs is 1. The predicted octanol–water partition coefficient (Wildman–Crippen LogP) is 27.5. The molecule has 3 aromatic heterocycles. The Morgan fingerprint density at radius 3 is 0.457 bits per heavy atom. The molecule has 9 rings (SSSR count). The second kappa shape index (κ2) is 179. The SMILES string of the molecule is C1=CCC=C1.C1=CCC=C1.C1=CCC=C1.CC.CC.CC.CC.CC.CC.CC.CC.CC.CC.CC.CC.CC.CC.CC.CC.c1ccc2ccccc2c1.c1ccccc1.c1ccncc1.c1cnccn1.c1cncnc1. The Hall–Kier alpha value is -6.33. The summed E-state index contributed by atoms with van der Waals surface area (Å²) in [6, 6.07) is 36.2. The van der Waals surface area contributed by atoms with Crippen molar-refractivity contribution in [2.45, 2.75) is 241 Å². The van der Waals surface area contributed by atoms with Gasteiger partial charge in [0.1, 0.15) is 6.33 Å². The highest BCUT2D eigenvalue weighted by molar-refractivity contribution is 5.82. The Morgan fingerprint density at radius 2 is 0.358 bits per heavy atom. The number of nitrogens with zero attached hydrogens (tertiary/aromatic N) is 5. The predicted molar refractivity (Wildman–Crippen MR) is 389 cm³/mol. The first-order valence-corrected chi connectivity index (χ1v) is 32.1. The minimum absolute atomic E-state index is 1.14. The van der Waals surface area contributed by atoms with Gasteiger partial charge in [-0.2, -0.15) is 0 Å². The molecule has 0 saturated heterocycles. The number of hydrogen-bond acceptors (Lipinski definition) is 5. The van der Waals surface area contributed by atoms with Gasteiger partial charge in [-0.1, -0.05) is 385 Å². The van der Waals surface area contributed by atoms with Gasteiger partial charge in [0.15, 0.2) is 0 Å². The van der Waals surface area contributed by atoms with Crippen molar-refractivity contribution in [1.82, 2.24) is 24.9 Å². The van der Waals surface area contributed by atoms with E-state index in [1.54, 1.807) is 55.6 Å². The van der Waals surface area contributed by atoms with Gasteiger partial charge < -0.3 is 0 Å². The van der Waals surface area contributed by atoms with E-state index in [9.17, 15) is 0 Å². The third-order valence-electron chi connectivity index (χ3n) is 5.81. The summed E-state index contributed by atoms with van der Waals surface area (Å²) in [5.41, 5.74) is 0. The average Bonchev–Trinajstić information content (AvgIpc) is 4.53. The standard InChI is InChI=1S/C10H8.C6H6.C5H5N.3C5H6.2C4H4N2.16C2H6/c1-2-6-10-8-4-3-7-9(10)5-1;2*1-2-4-6-5-3-1;3*1-2-4-5-3-1;1-2-6-4-3-5-1;1-2-5-4-6-3-1;16*1-2/h1-8H;1-6H;1-5H;3*1-4H,5H2;2*1-4H;16*1-2H3. The fourth-order valence-electron chi connectivity index (χ4n) is 3.52. The number of hydrogen-bond donors (Lipinski definition) is 0. The molecule has 81 heavy (non-hydrogen) atoms. The molecule has 3 aromatic carbocycles. The van der Waals surface area contributed by atoms with Crippen LogP contribution in [-0.2, 0) is 0 Å². The molecule has 0 unspecified atom stereocenters. The zero-order valence-electron chi connectivity index (χ0n) is 59.9. The van der Waals surface area contributed by atoms with Gasteiger partial charge in [-0.3, -0.25) is 15.0 Å². The summed E-state index contributed by atoms with van der Waals surface area (Å²) in [5, 5.41) is 2.62. The maximum Gasteiger partial charge on any atom is 0.115 e. The average molecular weight is 1120 g/mol. The molecule has 0 bridgehead atoms. The molecule has 0 radical (unpaired) electrons. The van der Waals surface area contributed by atoms with Gasteiger partial charge in [0.05, 0.1) is 0 Å². The fraction of sp³-hybridized carbons (Fsp3) is 0.461. The van der Waals surface area contributed by atoms with Crippen molar-refractivity contribution in [2.75, 3.05) is 0 Å². The third-order valence-corrected chi connectivity index (χ3v) is 5.81. The van der Waals surface area contributed by atoms with Crippen LogP contribution < -0.4 is 0 Å². The summed E-state index contributed by atoms with van der Waals surface area (Å²) >= 11 is 0. The van der Waals surface area contributed by atoms with Crippen LogP contribution in [0.25, 0.3) is 10.8 Å². The Balaban J connectivity index is -0.0000000444. The van der Waals surface area contributed by atoms with Crippen LogP contribution in [0, 0.1) is 0 Å². The van der Waals surface area contributed by atoms with Gasteiger partial charge in [-0.15, -0.1) is 0 Å². The van der Waals surface area contributed by atoms with E-state index in [2.05, 4.69) is 146 Å². The molecule has 0 spiro atoms. The van der Waals surface area contributed by atoms with Crippen LogP contribution in [0.4, 0.5) is 0 Å². The quantitative estimate of drug-likeness (QED) is 0.152. The van der Waals surface area contributed by atoms with Crippen LogP contribution in [0.3, 0.4) is 0 Å². The van der Waals surface area contributed by atoms with E-state index in [0.717, 1.165) is 19.3 Å². The van der Waals surface area contributed by atoms with Crippen molar-refractivity contribution in [3.05, 3.63) is 238 Å². The first kappa shape index (κ1) is 114. The number of allylic oxidation sites excluding steroid dienone is 12. The highest BCUT2D eigenvalue weighted by Crippen LogP contribution is 2.11. The van der Waals surface area contributed by atoms with E-state index >= 15 is 0 Å². The highest BCUT2D eigenvalue weighted by Gasteiger charge is 1.85. The maximum absolute atomic E-state index is 3.78. The molecule has 0 amide bonds. The molecule has 6 aromatic rings. The lowest BCUT2D eigenvalue weighted by atomic mass is 10.1. The molecule has 5 heteroatoms. The lowest BCUT2D eigenvalue weighted by molar-refractivity contribution is 1.17. The number of rotatable bonds is 0. The number of pyridine rings is 1. The molecule has 3 aliphatic carbocycles. The van der Waals surface area contributed by atoms with Crippen molar-refractivity contribution in [3.63, 3.8) is 0 Å². The van der Waals surface area contributed by atoms with Gasteiger partial charge >= 0.3 is 0 Å². The van der Waals surface area contributed by atoms with Crippen molar-refractivity contribution in [3.8, 4) is 0 Å². The molecular formula is C76H141N5. The summed E-state index contributed by atoms with van der Waals surface area (Å²) < 4.78 is 0. The van der Waals surface area contributed by atoms with Gasteiger partial charge in [-0.05, 0) is 48.2 Å². The third kappa shape index (κ3) is 147. The molecule has 0 saturated carbocycles. The van der Waals surface area contributed by atoms with Crippen LogP contribution in [0.2, 0.25) is 0 Å². The first-order chi connectivity index (χ1) is 40.5. The minimum Gasteiger partial charge on any atom is -0.265 e. The topological polar surface area (TPSA) is 64.5 Å². The molecular weight excluding hydrogens is 983 g/mol. The van der Waals surface area contributed by atoms with E-state index in [4.69, 9.17) is 0 Å². The highest BCUT2D eigenvalue weighted by atomic mass is 14.8. The summed E-state index contributed by atoms with van der Waals surface area (Å²) in [6.07, 6.45) is 43.4. The fourth-order valence-corrected chi connectivity index (χ4v) is 3.52. The smallest absolute Gasteiger partial charge is 0.115 e. The first-order valence-electron chi connectivity index (χ1n) is 32.1. The van der Waals surface area contributed by atoms with E-state index < -0.39 is 0 Å². The van der Waals surface area contributed by atoms with Crippen LogP contribution in [0.5, 0.6) is 0 Å². The van der Waals surface area contributed by atoms with Crippen molar-refractivity contribution in [1.29, 1.82) is 0 Å².